The zero-order chi connectivity index (χ0) is 13.3. The van der Waals surface area contributed by atoms with Crippen LogP contribution in [0.1, 0.15) is 30.6 Å². The van der Waals surface area contributed by atoms with Gasteiger partial charge in [0, 0.05) is 24.7 Å². The molecule has 4 heteroatoms. The van der Waals surface area contributed by atoms with E-state index >= 15 is 0 Å². The van der Waals surface area contributed by atoms with Gasteiger partial charge in [0.2, 0.25) is 0 Å². The first-order valence-electron chi connectivity index (χ1n) is 6.29. The SMILES string of the molecule is CC(C)C1CCN(C(=O)c2cc(O)cc(O)c2)C1. The molecule has 1 saturated heterocycles. The fourth-order valence-electron chi connectivity index (χ4n) is 2.42. The highest BCUT2D eigenvalue weighted by molar-refractivity contribution is 5.95. The van der Waals surface area contributed by atoms with Gasteiger partial charge in [-0.25, -0.2) is 0 Å². The Balaban J connectivity index is 2.12. The van der Waals surface area contributed by atoms with Gasteiger partial charge in [-0.15, -0.1) is 0 Å². The van der Waals surface area contributed by atoms with E-state index in [1.807, 2.05) is 0 Å². The Hall–Kier alpha value is -1.71. The number of aromatic hydroxyl groups is 2. The number of carbonyl (C=O) groups is 1. The van der Waals surface area contributed by atoms with Crippen LogP contribution in [0.4, 0.5) is 0 Å². The molecule has 1 atom stereocenters. The van der Waals surface area contributed by atoms with Crippen LogP contribution in [0.3, 0.4) is 0 Å². The van der Waals surface area contributed by atoms with Gasteiger partial charge in [0.25, 0.3) is 5.91 Å². The summed E-state index contributed by atoms with van der Waals surface area (Å²) in [6.45, 7) is 5.84. The van der Waals surface area contributed by atoms with Crippen molar-refractivity contribution < 1.29 is 15.0 Å². The molecule has 4 nitrogen and oxygen atoms in total. The zero-order valence-electron chi connectivity index (χ0n) is 10.8. The van der Waals surface area contributed by atoms with Gasteiger partial charge < -0.3 is 15.1 Å². The monoisotopic (exact) mass is 249 g/mol. The van der Waals surface area contributed by atoms with Gasteiger partial charge in [-0.2, -0.15) is 0 Å². The topological polar surface area (TPSA) is 60.8 Å². The first kappa shape index (κ1) is 12.7. The molecule has 2 rings (SSSR count). The van der Waals surface area contributed by atoms with Gasteiger partial charge in [-0.05, 0) is 30.4 Å². The number of benzene rings is 1. The molecule has 0 aromatic heterocycles. The molecule has 1 aromatic carbocycles. The second kappa shape index (κ2) is 4.88. The highest BCUT2D eigenvalue weighted by atomic mass is 16.3. The lowest BCUT2D eigenvalue weighted by Gasteiger charge is -2.18. The van der Waals surface area contributed by atoms with Crippen molar-refractivity contribution >= 4 is 5.91 Å². The average molecular weight is 249 g/mol. The van der Waals surface area contributed by atoms with Crippen molar-refractivity contribution in [2.45, 2.75) is 20.3 Å². The summed E-state index contributed by atoms with van der Waals surface area (Å²) in [6, 6.07) is 4.01. The smallest absolute Gasteiger partial charge is 0.254 e. The number of hydrogen-bond donors (Lipinski definition) is 2. The number of hydrogen-bond acceptors (Lipinski definition) is 3. The standard InChI is InChI=1S/C14H19NO3/c1-9(2)10-3-4-15(8-10)14(18)11-5-12(16)7-13(17)6-11/h5-7,9-10,16-17H,3-4,8H2,1-2H3. The molecule has 1 amide bonds. The summed E-state index contributed by atoms with van der Waals surface area (Å²) in [5.41, 5.74) is 0.344. The van der Waals surface area contributed by atoms with Crippen LogP contribution in [0, 0.1) is 11.8 Å². The summed E-state index contributed by atoms with van der Waals surface area (Å²) in [6.07, 6.45) is 1.02. The van der Waals surface area contributed by atoms with Crippen molar-refractivity contribution in [3.63, 3.8) is 0 Å². The summed E-state index contributed by atoms with van der Waals surface area (Å²) in [5, 5.41) is 18.8. The Bertz CT molecular complexity index is 436. The molecule has 1 fully saturated rings. The van der Waals surface area contributed by atoms with Crippen molar-refractivity contribution in [2.75, 3.05) is 13.1 Å². The Labute approximate surface area is 107 Å². The second-order valence-corrected chi connectivity index (χ2v) is 5.28. The van der Waals surface area contributed by atoms with Crippen molar-refractivity contribution in [2.24, 2.45) is 11.8 Å². The first-order valence-corrected chi connectivity index (χ1v) is 6.29. The van der Waals surface area contributed by atoms with Crippen LogP contribution < -0.4 is 0 Å². The fraction of sp³-hybridized carbons (Fsp3) is 0.500. The number of amides is 1. The van der Waals surface area contributed by atoms with E-state index in [4.69, 9.17) is 0 Å². The first-order chi connectivity index (χ1) is 8.47. The number of phenolic OH excluding ortho intramolecular Hbond substituents is 2. The van der Waals surface area contributed by atoms with Crippen LogP contribution >= 0.6 is 0 Å². The highest BCUT2D eigenvalue weighted by Crippen LogP contribution is 2.27. The van der Waals surface area contributed by atoms with Gasteiger partial charge in [0.1, 0.15) is 11.5 Å². The molecule has 0 spiro atoms. The van der Waals surface area contributed by atoms with Crippen LogP contribution in [-0.2, 0) is 0 Å². The molecular weight excluding hydrogens is 230 g/mol. The Morgan fingerprint density at radius 1 is 1.28 bits per heavy atom. The summed E-state index contributed by atoms with van der Waals surface area (Å²) in [5.74, 6) is 0.820. The molecule has 1 aliphatic rings. The predicted molar refractivity (Wildman–Crippen MR) is 68.6 cm³/mol. The third-order valence-electron chi connectivity index (χ3n) is 3.60. The maximum Gasteiger partial charge on any atom is 0.254 e. The van der Waals surface area contributed by atoms with Gasteiger partial charge in [0.05, 0.1) is 0 Å². The fourth-order valence-corrected chi connectivity index (χ4v) is 2.42. The molecule has 0 saturated carbocycles. The highest BCUT2D eigenvalue weighted by Gasteiger charge is 2.28. The van der Waals surface area contributed by atoms with E-state index < -0.39 is 0 Å². The van der Waals surface area contributed by atoms with Gasteiger partial charge >= 0.3 is 0 Å². The van der Waals surface area contributed by atoms with E-state index in [0.29, 0.717) is 17.4 Å². The minimum Gasteiger partial charge on any atom is -0.508 e. The van der Waals surface area contributed by atoms with E-state index in [-0.39, 0.29) is 17.4 Å². The number of phenols is 2. The summed E-state index contributed by atoms with van der Waals surface area (Å²) >= 11 is 0. The van der Waals surface area contributed by atoms with Crippen LogP contribution in [0.5, 0.6) is 11.5 Å². The lowest BCUT2D eigenvalue weighted by atomic mass is 9.95. The van der Waals surface area contributed by atoms with E-state index in [1.54, 1.807) is 4.90 Å². The maximum absolute atomic E-state index is 12.2. The van der Waals surface area contributed by atoms with Crippen molar-refractivity contribution in [3.05, 3.63) is 23.8 Å². The van der Waals surface area contributed by atoms with E-state index in [2.05, 4.69) is 13.8 Å². The normalized spacial score (nSPS) is 19.5. The van der Waals surface area contributed by atoms with Gasteiger partial charge in [-0.3, -0.25) is 4.79 Å². The number of rotatable bonds is 2. The van der Waals surface area contributed by atoms with Crippen LogP contribution in [-0.4, -0.2) is 34.1 Å². The average Bonchev–Trinajstić information content (AvgIpc) is 2.75. The molecule has 98 valence electrons. The number of nitrogens with zero attached hydrogens (tertiary/aromatic N) is 1. The molecule has 2 N–H and O–H groups in total. The van der Waals surface area contributed by atoms with Gasteiger partial charge in [-0.1, -0.05) is 13.8 Å². The van der Waals surface area contributed by atoms with Crippen molar-refractivity contribution in [1.82, 2.24) is 4.90 Å². The zero-order valence-corrected chi connectivity index (χ0v) is 10.8. The maximum atomic E-state index is 12.2. The van der Waals surface area contributed by atoms with E-state index in [1.165, 1.54) is 18.2 Å². The van der Waals surface area contributed by atoms with Crippen molar-refractivity contribution in [1.29, 1.82) is 0 Å². The Morgan fingerprint density at radius 3 is 2.39 bits per heavy atom. The van der Waals surface area contributed by atoms with E-state index in [9.17, 15) is 15.0 Å². The summed E-state index contributed by atoms with van der Waals surface area (Å²) in [7, 11) is 0. The molecule has 1 unspecified atom stereocenters. The molecule has 0 bridgehead atoms. The molecule has 1 aliphatic heterocycles. The third-order valence-corrected chi connectivity index (χ3v) is 3.60. The molecule has 0 radical (unpaired) electrons. The minimum atomic E-state index is -0.121. The molecular formula is C14H19NO3. The quantitative estimate of drug-likeness (QED) is 0.844. The summed E-state index contributed by atoms with van der Waals surface area (Å²) < 4.78 is 0. The largest absolute Gasteiger partial charge is 0.508 e. The Morgan fingerprint density at radius 2 is 1.89 bits per heavy atom. The number of likely N-dealkylation sites (tertiary alicyclic amines) is 1. The minimum absolute atomic E-state index is 0.0852. The second-order valence-electron chi connectivity index (χ2n) is 5.28. The molecule has 18 heavy (non-hydrogen) atoms. The van der Waals surface area contributed by atoms with Gasteiger partial charge in [0.15, 0.2) is 0 Å². The number of carbonyl (C=O) groups excluding carboxylic acids is 1. The lowest BCUT2D eigenvalue weighted by molar-refractivity contribution is 0.0783. The van der Waals surface area contributed by atoms with E-state index in [0.717, 1.165) is 19.5 Å². The van der Waals surface area contributed by atoms with Crippen LogP contribution in [0.25, 0.3) is 0 Å². The Kier molecular flexibility index (Phi) is 3.45. The molecule has 1 aromatic rings. The molecule has 0 aliphatic carbocycles. The third kappa shape index (κ3) is 2.58. The van der Waals surface area contributed by atoms with Crippen molar-refractivity contribution in [3.8, 4) is 11.5 Å². The van der Waals surface area contributed by atoms with Crippen LogP contribution in [0.15, 0.2) is 18.2 Å². The lowest BCUT2D eigenvalue weighted by Crippen LogP contribution is -2.29. The molecule has 1 heterocycles. The predicted octanol–water partition coefficient (Wildman–Crippen LogP) is 2.22. The summed E-state index contributed by atoms with van der Waals surface area (Å²) in [4.78, 5) is 14.0. The van der Waals surface area contributed by atoms with Crippen LogP contribution in [0.2, 0.25) is 0 Å².